The molecule has 9 heteroatoms. The zero-order valence-electron chi connectivity index (χ0n) is 18.3. The molecule has 0 spiro atoms. The van der Waals surface area contributed by atoms with Gasteiger partial charge in [-0.05, 0) is 72.2 Å². The summed E-state index contributed by atoms with van der Waals surface area (Å²) in [5.74, 6) is 3.42. The van der Waals surface area contributed by atoms with Gasteiger partial charge in [-0.2, -0.15) is 13.2 Å². The van der Waals surface area contributed by atoms with Crippen molar-refractivity contribution in [3.05, 3.63) is 76.7 Å². The molecule has 6 nitrogen and oxygen atoms in total. The maximum atomic E-state index is 13.1. The maximum absolute atomic E-state index is 13.1. The Morgan fingerprint density at radius 3 is 2.77 bits per heavy atom. The number of anilines is 1. The second kappa shape index (κ2) is 7.07. The highest BCUT2D eigenvalue weighted by molar-refractivity contribution is 5.93. The second-order valence-corrected chi connectivity index (χ2v) is 9.42. The van der Waals surface area contributed by atoms with Crippen molar-refractivity contribution in [1.29, 1.82) is 0 Å². The summed E-state index contributed by atoms with van der Waals surface area (Å²) in [5.41, 5.74) is 3.63. The standard InChI is InChI=1S/C26H19F3N4O2/c27-26(28,29)13-2-5-18-19(10-13)32-25(31-18)23-17-9-12-1-3-14(11-16(12)22(17)23)35-20-7-8-30-24-15(20)4-6-21(34)33-24/h1-3,5,7-8,10-11,17,22-23H,4,6,9H2,(H,31,32)(H,30,33,34)/t17?,22?,23-/m1/s1. The Morgan fingerprint density at radius 1 is 1.03 bits per heavy atom. The number of hydrogen-bond donors (Lipinski definition) is 2. The zero-order valence-corrected chi connectivity index (χ0v) is 18.3. The Hall–Kier alpha value is -3.88. The van der Waals surface area contributed by atoms with Crippen LogP contribution in [0.15, 0.2) is 48.7 Å². The topological polar surface area (TPSA) is 79.9 Å². The third-order valence-electron chi connectivity index (χ3n) is 7.34. The number of ether oxygens (including phenoxy) is 1. The molecule has 2 N–H and O–H groups in total. The lowest BCUT2D eigenvalue weighted by Gasteiger charge is -2.19. The molecule has 1 amide bonds. The van der Waals surface area contributed by atoms with Gasteiger partial charge in [-0.1, -0.05) is 6.07 Å². The number of fused-ring (bicyclic) bond motifs is 5. The molecule has 1 aliphatic heterocycles. The Labute approximate surface area is 197 Å². The number of nitrogens with one attached hydrogen (secondary N) is 2. The van der Waals surface area contributed by atoms with Crippen molar-refractivity contribution in [2.45, 2.75) is 37.3 Å². The first-order valence-corrected chi connectivity index (χ1v) is 11.5. The summed E-state index contributed by atoms with van der Waals surface area (Å²) in [6, 6.07) is 11.5. The van der Waals surface area contributed by atoms with E-state index in [2.05, 4.69) is 32.4 Å². The fourth-order valence-electron chi connectivity index (χ4n) is 5.65. The van der Waals surface area contributed by atoms with Crippen molar-refractivity contribution in [3.63, 3.8) is 0 Å². The highest BCUT2D eigenvalue weighted by atomic mass is 19.4. The van der Waals surface area contributed by atoms with Crippen LogP contribution in [0.4, 0.5) is 19.0 Å². The van der Waals surface area contributed by atoms with Gasteiger partial charge in [-0.25, -0.2) is 9.97 Å². The minimum atomic E-state index is -4.38. The largest absolute Gasteiger partial charge is 0.457 e. The van der Waals surface area contributed by atoms with Crippen LogP contribution in [-0.4, -0.2) is 20.9 Å². The minimum Gasteiger partial charge on any atom is -0.457 e. The van der Waals surface area contributed by atoms with Gasteiger partial charge in [0.15, 0.2) is 0 Å². The normalized spacial score (nSPS) is 22.4. The van der Waals surface area contributed by atoms with E-state index in [0.717, 1.165) is 29.9 Å². The molecule has 2 aromatic carbocycles. The number of benzene rings is 2. The van der Waals surface area contributed by atoms with Gasteiger partial charge in [0.25, 0.3) is 0 Å². The van der Waals surface area contributed by atoms with Gasteiger partial charge in [0, 0.05) is 24.1 Å². The smallest absolute Gasteiger partial charge is 0.416 e. The Morgan fingerprint density at radius 2 is 1.91 bits per heavy atom. The third-order valence-corrected chi connectivity index (χ3v) is 7.34. The van der Waals surface area contributed by atoms with Crippen LogP contribution in [0.5, 0.6) is 11.5 Å². The lowest BCUT2D eigenvalue weighted by molar-refractivity contribution is -0.137. The van der Waals surface area contributed by atoms with E-state index in [0.29, 0.717) is 47.1 Å². The molecule has 0 radical (unpaired) electrons. The molecule has 3 atom stereocenters. The van der Waals surface area contributed by atoms with Crippen LogP contribution in [0, 0.1) is 5.92 Å². The molecule has 3 aliphatic rings. The van der Waals surface area contributed by atoms with Crippen LogP contribution in [-0.2, 0) is 23.8 Å². The fourth-order valence-corrected chi connectivity index (χ4v) is 5.65. The van der Waals surface area contributed by atoms with E-state index in [9.17, 15) is 18.0 Å². The summed E-state index contributed by atoms with van der Waals surface area (Å²) in [7, 11) is 0. The average Bonchev–Trinajstić information content (AvgIpc) is 3.18. The predicted molar refractivity (Wildman–Crippen MR) is 121 cm³/mol. The van der Waals surface area contributed by atoms with Crippen molar-refractivity contribution in [1.82, 2.24) is 15.0 Å². The highest BCUT2D eigenvalue weighted by Crippen LogP contribution is 2.66. The lowest BCUT2D eigenvalue weighted by Crippen LogP contribution is -2.20. The molecule has 2 unspecified atom stereocenters. The van der Waals surface area contributed by atoms with Gasteiger partial charge >= 0.3 is 6.18 Å². The Bertz CT molecular complexity index is 1530. The third kappa shape index (κ3) is 3.29. The van der Waals surface area contributed by atoms with E-state index in [-0.39, 0.29) is 17.7 Å². The van der Waals surface area contributed by atoms with Gasteiger partial charge < -0.3 is 15.0 Å². The van der Waals surface area contributed by atoms with Crippen LogP contribution < -0.4 is 10.1 Å². The van der Waals surface area contributed by atoms with Crippen LogP contribution in [0.3, 0.4) is 0 Å². The molecule has 176 valence electrons. The highest BCUT2D eigenvalue weighted by Gasteiger charge is 2.57. The molecule has 1 fully saturated rings. The van der Waals surface area contributed by atoms with Crippen molar-refractivity contribution < 1.29 is 22.7 Å². The summed E-state index contributed by atoms with van der Waals surface area (Å²) < 4.78 is 45.5. The SMILES string of the molecule is O=C1CCc2c(Oc3ccc4c(c3)C3C(C4)[C@H]3c3nc4ccc(C(F)(F)F)cc4[nH]3)ccnc2N1. The Kier molecular flexibility index (Phi) is 4.14. The van der Waals surface area contributed by atoms with Crippen molar-refractivity contribution in [2.24, 2.45) is 5.92 Å². The number of aromatic nitrogens is 3. The molecular weight excluding hydrogens is 457 g/mol. The zero-order chi connectivity index (χ0) is 23.9. The number of pyridine rings is 1. The first-order valence-electron chi connectivity index (χ1n) is 11.5. The summed E-state index contributed by atoms with van der Waals surface area (Å²) in [6.45, 7) is 0. The number of rotatable bonds is 3. The van der Waals surface area contributed by atoms with Gasteiger partial charge in [0.1, 0.15) is 23.1 Å². The monoisotopic (exact) mass is 476 g/mol. The number of H-pyrrole nitrogens is 1. The van der Waals surface area contributed by atoms with Crippen molar-refractivity contribution >= 4 is 22.8 Å². The van der Waals surface area contributed by atoms with Gasteiger partial charge in [-0.15, -0.1) is 0 Å². The summed E-state index contributed by atoms with van der Waals surface area (Å²) in [5, 5.41) is 2.79. The second-order valence-electron chi connectivity index (χ2n) is 9.42. The molecule has 0 saturated heterocycles. The molecule has 7 rings (SSSR count). The quantitative estimate of drug-likeness (QED) is 0.397. The molecule has 2 aromatic heterocycles. The molecule has 1 saturated carbocycles. The number of carbonyl (C=O) groups excluding carboxylic acids is 1. The van der Waals surface area contributed by atoms with Gasteiger partial charge in [0.05, 0.1) is 16.6 Å². The van der Waals surface area contributed by atoms with Crippen LogP contribution in [0.25, 0.3) is 11.0 Å². The van der Waals surface area contributed by atoms with Gasteiger partial charge in [0.2, 0.25) is 5.91 Å². The molecule has 35 heavy (non-hydrogen) atoms. The minimum absolute atomic E-state index is 0.0503. The number of aromatic amines is 1. The van der Waals surface area contributed by atoms with Crippen LogP contribution in [0.2, 0.25) is 0 Å². The van der Waals surface area contributed by atoms with E-state index >= 15 is 0 Å². The number of halogens is 3. The molecule has 0 bridgehead atoms. The molecule has 4 aromatic rings. The van der Waals surface area contributed by atoms with E-state index < -0.39 is 11.7 Å². The summed E-state index contributed by atoms with van der Waals surface area (Å²) >= 11 is 0. The van der Waals surface area contributed by atoms with E-state index in [1.54, 1.807) is 12.3 Å². The van der Waals surface area contributed by atoms with Crippen LogP contribution >= 0.6 is 0 Å². The number of carbonyl (C=O) groups is 1. The summed E-state index contributed by atoms with van der Waals surface area (Å²) in [6.07, 6.45) is -0.889. The number of amides is 1. The first kappa shape index (κ1) is 20.5. The lowest BCUT2D eigenvalue weighted by atomic mass is 10.0. The van der Waals surface area contributed by atoms with E-state index in [1.165, 1.54) is 17.2 Å². The predicted octanol–water partition coefficient (Wildman–Crippen LogP) is 5.71. The fraction of sp³-hybridized carbons (Fsp3) is 0.269. The number of imidazole rings is 1. The van der Waals surface area contributed by atoms with E-state index in [1.807, 2.05) is 6.07 Å². The average molecular weight is 476 g/mol. The number of alkyl halides is 3. The maximum Gasteiger partial charge on any atom is 0.416 e. The molecule has 2 aliphatic carbocycles. The Balaban J connectivity index is 1.16. The van der Waals surface area contributed by atoms with Crippen LogP contribution in [0.1, 0.15) is 46.3 Å². The first-order chi connectivity index (χ1) is 16.8. The number of hydrogen-bond acceptors (Lipinski definition) is 4. The number of nitrogens with zero attached hydrogens (tertiary/aromatic N) is 2. The van der Waals surface area contributed by atoms with Crippen molar-refractivity contribution in [2.75, 3.05) is 5.32 Å². The molecular formula is C26H19F3N4O2. The van der Waals surface area contributed by atoms with E-state index in [4.69, 9.17) is 4.74 Å². The van der Waals surface area contributed by atoms with Crippen molar-refractivity contribution in [3.8, 4) is 11.5 Å². The summed E-state index contributed by atoms with van der Waals surface area (Å²) in [4.78, 5) is 23.7. The van der Waals surface area contributed by atoms with Gasteiger partial charge in [-0.3, -0.25) is 4.79 Å². The molecule has 3 heterocycles.